The first kappa shape index (κ1) is 15.2. The van der Waals surface area contributed by atoms with Gasteiger partial charge < -0.3 is 14.8 Å². The Morgan fingerprint density at radius 1 is 1.42 bits per heavy atom. The highest BCUT2D eigenvalue weighted by Crippen LogP contribution is 2.14. The number of benzene rings is 1. The van der Waals surface area contributed by atoms with Gasteiger partial charge in [-0.15, -0.1) is 0 Å². The fourth-order valence-corrected chi connectivity index (χ4v) is 1.43. The molecule has 1 atom stereocenters. The van der Waals surface area contributed by atoms with Gasteiger partial charge in [-0.2, -0.15) is 5.26 Å². The average Bonchev–Trinajstić information content (AvgIpc) is 2.44. The Labute approximate surface area is 113 Å². The quantitative estimate of drug-likeness (QED) is 0.762. The van der Waals surface area contributed by atoms with E-state index in [1.807, 2.05) is 13.0 Å². The van der Waals surface area contributed by atoms with Gasteiger partial charge >= 0.3 is 0 Å². The van der Waals surface area contributed by atoms with Crippen molar-refractivity contribution in [2.75, 3.05) is 25.1 Å². The summed E-state index contributed by atoms with van der Waals surface area (Å²) in [6.45, 7) is 5.01. The minimum absolute atomic E-state index is 0.279. The summed E-state index contributed by atoms with van der Waals surface area (Å²) in [5.74, 6) is -0.279. The molecule has 0 saturated heterocycles. The second-order valence-corrected chi connectivity index (χ2v) is 3.86. The highest BCUT2D eigenvalue weighted by molar-refractivity contribution is 5.95. The lowest BCUT2D eigenvalue weighted by molar-refractivity contribution is -0.127. The molecule has 1 aromatic rings. The molecule has 19 heavy (non-hydrogen) atoms. The van der Waals surface area contributed by atoms with Crippen LogP contribution in [0.4, 0.5) is 5.69 Å². The molecule has 1 amide bonds. The number of nitrogens with one attached hydrogen (secondary N) is 1. The molecule has 5 nitrogen and oxygen atoms in total. The maximum absolute atomic E-state index is 11.9. The molecule has 102 valence electrons. The SMILES string of the molecule is CCOCCOC(C)C(=O)Nc1ccccc1C#N. The lowest BCUT2D eigenvalue weighted by atomic mass is 10.2. The van der Waals surface area contributed by atoms with E-state index in [-0.39, 0.29) is 5.91 Å². The van der Waals surface area contributed by atoms with Gasteiger partial charge in [0.25, 0.3) is 5.91 Å². The second-order valence-electron chi connectivity index (χ2n) is 3.86. The van der Waals surface area contributed by atoms with Crippen LogP contribution in [-0.4, -0.2) is 31.8 Å². The lowest BCUT2D eigenvalue weighted by Crippen LogP contribution is -2.29. The smallest absolute Gasteiger partial charge is 0.253 e. The van der Waals surface area contributed by atoms with Crippen molar-refractivity contribution in [3.8, 4) is 6.07 Å². The van der Waals surface area contributed by atoms with Crippen LogP contribution < -0.4 is 5.32 Å². The molecule has 0 aliphatic rings. The molecular formula is C14H18N2O3. The molecule has 0 heterocycles. The largest absolute Gasteiger partial charge is 0.379 e. The van der Waals surface area contributed by atoms with Crippen molar-refractivity contribution in [1.82, 2.24) is 0 Å². The number of para-hydroxylation sites is 1. The monoisotopic (exact) mass is 262 g/mol. The fraction of sp³-hybridized carbons (Fsp3) is 0.429. The van der Waals surface area contributed by atoms with Gasteiger partial charge in [0.2, 0.25) is 0 Å². The number of carbonyl (C=O) groups excluding carboxylic acids is 1. The Bertz CT molecular complexity index is 454. The minimum atomic E-state index is -0.591. The van der Waals surface area contributed by atoms with Gasteiger partial charge in [-0.3, -0.25) is 4.79 Å². The van der Waals surface area contributed by atoms with E-state index in [2.05, 4.69) is 5.32 Å². The first-order valence-electron chi connectivity index (χ1n) is 6.18. The maximum atomic E-state index is 11.9. The first-order chi connectivity index (χ1) is 9.19. The normalized spacial score (nSPS) is 11.6. The van der Waals surface area contributed by atoms with Gasteiger partial charge in [0, 0.05) is 6.61 Å². The Balaban J connectivity index is 2.48. The highest BCUT2D eigenvalue weighted by atomic mass is 16.5. The van der Waals surface area contributed by atoms with Crippen molar-refractivity contribution in [2.24, 2.45) is 0 Å². The number of carbonyl (C=O) groups is 1. The molecule has 0 saturated carbocycles. The predicted octanol–water partition coefficient (Wildman–Crippen LogP) is 1.94. The number of hydrogen-bond donors (Lipinski definition) is 1. The van der Waals surface area contributed by atoms with Crippen molar-refractivity contribution in [3.63, 3.8) is 0 Å². The van der Waals surface area contributed by atoms with E-state index in [9.17, 15) is 4.79 Å². The van der Waals surface area contributed by atoms with Crippen LogP contribution in [0.1, 0.15) is 19.4 Å². The third kappa shape index (κ3) is 5.08. The summed E-state index contributed by atoms with van der Waals surface area (Å²) in [4.78, 5) is 11.9. The van der Waals surface area contributed by atoms with Crippen molar-refractivity contribution in [2.45, 2.75) is 20.0 Å². The zero-order valence-electron chi connectivity index (χ0n) is 11.2. The molecule has 0 fully saturated rings. The molecule has 0 aromatic heterocycles. The zero-order valence-corrected chi connectivity index (χ0v) is 11.2. The number of anilines is 1. The van der Waals surface area contributed by atoms with Crippen LogP contribution in [0, 0.1) is 11.3 Å². The summed E-state index contributed by atoms with van der Waals surface area (Å²) >= 11 is 0. The Kier molecular flexibility index (Phi) is 6.58. The van der Waals surface area contributed by atoms with E-state index in [1.54, 1.807) is 31.2 Å². The molecule has 1 rings (SSSR count). The molecule has 0 aliphatic heterocycles. The summed E-state index contributed by atoms with van der Waals surface area (Å²) < 4.78 is 10.5. The molecule has 0 spiro atoms. The van der Waals surface area contributed by atoms with E-state index in [4.69, 9.17) is 14.7 Å². The molecule has 1 N–H and O–H groups in total. The summed E-state index contributed by atoms with van der Waals surface area (Å²) in [6, 6.07) is 8.86. The van der Waals surface area contributed by atoms with Crippen LogP contribution >= 0.6 is 0 Å². The van der Waals surface area contributed by atoms with Crippen LogP contribution in [0.25, 0.3) is 0 Å². The Morgan fingerprint density at radius 2 is 2.16 bits per heavy atom. The Hall–Kier alpha value is -1.90. The number of amides is 1. The van der Waals surface area contributed by atoms with E-state index in [1.165, 1.54) is 0 Å². The van der Waals surface area contributed by atoms with Gasteiger partial charge in [0.15, 0.2) is 0 Å². The molecule has 0 bridgehead atoms. The van der Waals surface area contributed by atoms with Crippen LogP contribution in [0.2, 0.25) is 0 Å². The topological polar surface area (TPSA) is 71.3 Å². The van der Waals surface area contributed by atoms with Gasteiger partial charge in [-0.25, -0.2) is 0 Å². The summed E-state index contributed by atoms with van der Waals surface area (Å²) in [5.41, 5.74) is 0.924. The van der Waals surface area contributed by atoms with Crippen molar-refractivity contribution in [3.05, 3.63) is 29.8 Å². The maximum Gasteiger partial charge on any atom is 0.253 e. The van der Waals surface area contributed by atoms with E-state index in [0.717, 1.165) is 0 Å². The van der Waals surface area contributed by atoms with Crippen molar-refractivity contribution in [1.29, 1.82) is 5.26 Å². The molecule has 5 heteroatoms. The van der Waals surface area contributed by atoms with Crippen molar-refractivity contribution >= 4 is 11.6 Å². The average molecular weight is 262 g/mol. The van der Waals surface area contributed by atoms with Crippen LogP contribution in [-0.2, 0) is 14.3 Å². The second kappa shape index (κ2) is 8.25. The van der Waals surface area contributed by atoms with Gasteiger partial charge in [0.1, 0.15) is 12.2 Å². The Morgan fingerprint density at radius 3 is 2.84 bits per heavy atom. The van der Waals surface area contributed by atoms with E-state index >= 15 is 0 Å². The highest BCUT2D eigenvalue weighted by Gasteiger charge is 2.14. The lowest BCUT2D eigenvalue weighted by Gasteiger charge is -2.13. The van der Waals surface area contributed by atoms with Crippen LogP contribution in [0.5, 0.6) is 0 Å². The minimum Gasteiger partial charge on any atom is -0.379 e. The predicted molar refractivity (Wildman–Crippen MR) is 71.7 cm³/mol. The van der Waals surface area contributed by atoms with Gasteiger partial charge in [-0.05, 0) is 26.0 Å². The van der Waals surface area contributed by atoms with E-state index in [0.29, 0.717) is 31.1 Å². The van der Waals surface area contributed by atoms with Gasteiger partial charge in [-0.1, -0.05) is 12.1 Å². The van der Waals surface area contributed by atoms with Crippen molar-refractivity contribution < 1.29 is 14.3 Å². The fourth-order valence-electron chi connectivity index (χ4n) is 1.43. The molecule has 1 aromatic carbocycles. The molecule has 0 aliphatic carbocycles. The first-order valence-corrected chi connectivity index (χ1v) is 6.18. The standard InChI is InChI=1S/C14H18N2O3/c1-3-18-8-9-19-11(2)14(17)16-13-7-5-4-6-12(13)10-15/h4-7,11H,3,8-9H2,1-2H3,(H,16,17). The number of rotatable bonds is 7. The number of ether oxygens (including phenoxy) is 2. The molecule has 0 radical (unpaired) electrons. The number of hydrogen-bond acceptors (Lipinski definition) is 4. The number of nitrogens with zero attached hydrogens (tertiary/aromatic N) is 1. The zero-order chi connectivity index (χ0) is 14.1. The summed E-state index contributed by atoms with van der Waals surface area (Å²) in [7, 11) is 0. The van der Waals surface area contributed by atoms with Gasteiger partial charge in [0.05, 0.1) is 24.5 Å². The van der Waals surface area contributed by atoms with Crippen LogP contribution in [0.3, 0.4) is 0 Å². The summed E-state index contributed by atoms with van der Waals surface area (Å²) in [5, 5.41) is 11.6. The van der Waals surface area contributed by atoms with Crippen LogP contribution in [0.15, 0.2) is 24.3 Å². The molecule has 1 unspecified atom stereocenters. The summed E-state index contributed by atoms with van der Waals surface area (Å²) in [6.07, 6.45) is -0.591. The molecular weight excluding hydrogens is 244 g/mol. The van der Waals surface area contributed by atoms with E-state index < -0.39 is 6.10 Å². The third-order valence-corrected chi connectivity index (χ3v) is 2.47. The third-order valence-electron chi connectivity index (χ3n) is 2.47. The number of nitriles is 1.